The third kappa shape index (κ3) is 2.69. The summed E-state index contributed by atoms with van der Waals surface area (Å²) in [6, 6.07) is 2.07. The smallest absolute Gasteiger partial charge is 0.160 e. The van der Waals surface area contributed by atoms with Crippen LogP contribution in [-0.2, 0) is 19.4 Å². The summed E-state index contributed by atoms with van der Waals surface area (Å²) in [5.41, 5.74) is 3.01. The minimum atomic E-state index is 0.569. The maximum atomic E-state index is 5.88. The van der Waals surface area contributed by atoms with Crippen molar-refractivity contribution in [2.24, 2.45) is 0 Å². The highest BCUT2D eigenvalue weighted by Gasteiger charge is 2.12. The lowest BCUT2D eigenvalue weighted by molar-refractivity contribution is 0.667. The lowest BCUT2D eigenvalue weighted by atomic mass is 10.3. The summed E-state index contributed by atoms with van der Waals surface area (Å²) in [4.78, 5) is 13.5. The molecule has 0 saturated carbocycles. The Balaban J connectivity index is 1.95. The molecule has 0 radical (unpaired) electrons. The second kappa shape index (κ2) is 5.89. The first-order valence-corrected chi connectivity index (χ1v) is 7.95. The van der Waals surface area contributed by atoms with Crippen LogP contribution in [0, 0.1) is 6.92 Å². The molecule has 0 amide bonds. The molecule has 104 valence electrons. The molecule has 0 bridgehead atoms. The number of fused-ring (bicyclic) bond motifs is 1. The van der Waals surface area contributed by atoms with E-state index in [1.807, 2.05) is 24.7 Å². The molecular weight excluding hydrogens is 292 g/mol. The lowest BCUT2D eigenvalue weighted by Gasteiger charge is -2.06. The van der Waals surface area contributed by atoms with Crippen molar-refractivity contribution < 1.29 is 0 Å². The molecule has 3 aromatic rings. The van der Waals surface area contributed by atoms with E-state index in [4.69, 9.17) is 11.6 Å². The summed E-state index contributed by atoms with van der Waals surface area (Å²) in [7, 11) is 0. The van der Waals surface area contributed by atoms with E-state index in [0.717, 1.165) is 46.9 Å². The molecule has 3 aromatic heterocycles. The van der Waals surface area contributed by atoms with Gasteiger partial charge in [-0.1, -0.05) is 0 Å². The van der Waals surface area contributed by atoms with Crippen molar-refractivity contribution in [3.05, 3.63) is 40.2 Å². The molecule has 0 aliphatic carbocycles. The van der Waals surface area contributed by atoms with Gasteiger partial charge in [-0.2, -0.15) is 0 Å². The maximum absolute atomic E-state index is 5.88. The average Bonchev–Trinajstić information content (AvgIpc) is 3.04. The van der Waals surface area contributed by atoms with Crippen LogP contribution in [0.15, 0.2) is 23.8 Å². The number of hydrogen-bond donors (Lipinski definition) is 0. The fourth-order valence-corrected chi connectivity index (χ4v) is 3.03. The Bertz CT molecular complexity index is 705. The highest BCUT2D eigenvalue weighted by atomic mass is 35.5. The summed E-state index contributed by atoms with van der Waals surface area (Å²) < 4.78 is 2.17. The predicted octanol–water partition coefficient (Wildman–Crippen LogP) is 3.22. The first-order valence-electron chi connectivity index (χ1n) is 6.54. The van der Waals surface area contributed by atoms with Gasteiger partial charge in [-0.3, -0.25) is 0 Å². The zero-order chi connectivity index (χ0) is 13.9. The molecule has 0 unspecified atom stereocenters. The molecule has 0 aliphatic rings. The van der Waals surface area contributed by atoms with Crippen molar-refractivity contribution in [3.8, 4) is 0 Å². The number of alkyl halides is 1. The zero-order valence-corrected chi connectivity index (χ0v) is 12.8. The Hall–Kier alpha value is -1.46. The van der Waals surface area contributed by atoms with Gasteiger partial charge in [-0.15, -0.1) is 22.9 Å². The van der Waals surface area contributed by atoms with Gasteiger partial charge in [0.15, 0.2) is 5.65 Å². The van der Waals surface area contributed by atoms with Crippen molar-refractivity contribution in [3.63, 3.8) is 0 Å². The summed E-state index contributed by atoms with van der Waals surface area (Å²) in [6.07, 6.45) is 5.38. The minimum absolute atomic E-state index is 0.569. The minimum Gasteiger partial charge on any atom is -0.312 e. The van der Waals surface area contributed by atoms with Crippen molar-refractivity contribution in [2.75, 3.05) is 5.88 Å². The van der Waals surface area contributed by atoms with Crippen LogP contribution in [0.1, 0.15) is 16.4 Å². The van der Waals surface area contributed by atoms with Crippen LogP contribution in [0.2, 0.25) is 0 Å². The third-order valence-electron chi connectivity index (χ3n) is 3.15. The fourth-order valence-electron chi connectivity index (χ4n) is 2.25. The standard InChI is InChI=1S/C14H15ClN4S/c1-10-8-11-14(17-9-10)19(12(18-11)2-4-15)6-3-13-16-5-7-20-13/h5,7-9H,2-4,6H2,1H3. The largest absolute Gasteiger partial charge is 0.312 e. The lowest BCUT2D eigenvalue weighted by Crippen LogP contribution is -2.07. The zero-order valence-electron chi connectivity index (χ0n) is 11.2. The topological polar surface area (TPSA) is 43.6 Å². The Morgan fingerprint density at radius 2 is 2.20 bits per heavy atom. The van der Waals surface area contributed by atoms with Gasteiger partial charge in [0.05, 0.1) is 5.01 Å². The Labute approximate surface area is 126 Å². The van der Waals surface area contributed by atoms with Gasteiger partial charge in [-0.25, -0.2) is 15.0 Å². The van der Waals surface area contributed by atoms with Gasteiger partial charge < -0.3 is 4.57 Å². The number of halogens is 1. The number of imidazole rings is 1. The molecule has 0 N–H and O–H groups in total. The molecular formula is C14H15ClN4S. The summed E-state index contributed by atoms with van der Waals surface area (Å²) in [5.74, 6) is 1.57. The fraction of sp³-hybridized carbons (Fsp3) is 0.357. The third-order valence-corrected chi connectivity index (χ3v) is 4.18. The Morgan fingerprint density at radius 3 is 2.95 bits per heavy atom. The predicted molar refractivity (Wildman–Crippen MR) is 82.5 cm³/mol. The second-order valence-corrected chi connectivity index (χ2v) is 6.01. The number of hydrogen-bond acceptors (Lipinski definition) is 4. The average molecular weight is 307 g/mol. The van der Waals surface area contributed by atoms with Gasteiger partial charge in [0.2, 0.25) is 0 Å². The van der Waals surface area contributed by atoms with Gasteiger partial charge in [0.25, 0.3) is 0 Å². The Morgan fingerprint density at radius 1 is 1.30 bits per heavy atom. The van der Waals surface area contributed by atoms with Gasteiger partial charge in [0, 0.05) is 43.0 Å². The molecule has 4 nitrogen and oxygen atoms in total. The number of nitrogens with zero attached hydrogens (tertiary/aromatic N) is 4. The number of rotatable bonds is 5. The highest BCUT2D eigenvalue weighted by Crippen LogP contribution is 2.17. The Kier molecular flexibility index (Phi) is 3.98. The molecule has 6 heteroatoms. The monoisotopic (exact) mass is 306 g/mol. The molecule has 3 rings (SSSR count). The van der Waals surface area contributed by atoms with Crippen LogP contribution < -0.4 is 0 Å². The van der Waals surface area contributed by atoms with Crippen LogP contribution in [0.3, 0.4) is 0 Å². The van der Waals surface area contributed by atoms with E-state index in [1.165, 1.54) is 0 Å². The first kappa shape index (κ1) is 13.5. The number of thiazole rings is 1. The van der Waals surface area contributed by atoms with Crippen molar-refractivity contribution in [1.29, 1.82) is 0 Å². The summed E-state index contributed by atoms with van der Waals surface area (Å²) in [5, 5.41) is 3.14. The van der Waals surface area contributed by atoms with Crippen LogP contribution in [0.5, 0.6) is 0 Å². The SMILES string of the molecule is Cc1cnc2c(c1)nc(CCCl)n2CCc1nccs1. The highest BCUT2D eigenvalue weighted by molar-refractivity contribution is 7.09. The second-order valence-electron chi connectivity index (χ2n) is 4.65. The van der Waals surface area contributed by atoms with E-state index < -0.39 is 0 Å². The van der Waals surface area contributed by atoms with Crippen LogP contribution in [0.25, 0.3) is 11.2 Å². The molecule has 0 spiro atoms. The van der Waals surface area contributed by atoms with Gasteiger partial charge in [0.1, 0.15) is 11.3 Å². The molecule has 20 heavy (non-hydrogen) atoms. The van der Waals surface area contributed by atoms with E-state index in [-0.39, 0.29) is 0 Å². The molecule has 0 atom stereocenters. The number of pyridine rings is 1. The molecule has 0 aliphatic heterocycles. The normalized spacial score (nSPS) is 11.3. The number of aryl methyl sites for hydroxylation is 4. The van der Waals surface area contributed by atoms with E-state index in [9.17, 15) is 0 Å². The maximum Gasteiger partial charge on any atom is 0.160 e. The quantitative estimate of drug-likeness (QED) is 0.680. The van der Waals surface area contributed by atoms with Crippen molar-refractivity contribution in [2.45, 2.75) is 26.3 Å². The van der Waals surface area contributed by atoms with E-state index >= 15 is 0 Å². The van der Waals surface area contributed by atoms with E-state index in [0.29, 0.717) is 5.88 Å². The summed E-state index contributed by atoms with van der Waals surface area (Å²) in [6.45, 7) is 2.87. The van der Waals surface area contributed by atoms with Gasteiger partial charge in [-0.05, 0) is 18.6 Å². The summed E-state index contributed by atoms with van der Waals surface area (Å²) >= 11 is 7.56. The molecule has 0 aromatic carbocycles. The van der Waals surface area contributed by atoms with Crippen LogP contribution in [0.4, 0.5) is 0 Å². The van der Waals surface area contributed by atoms with Gasteiger partial charge >= 0.3 is 0 Å². The van der Waals surface area contributed by atoms with Crippen LogP contribution >= 0.6 is 22.9 Å². The molecule has 0 saturated heterocycles. The molecule has 0 fully saturated rings. The number of aromatic nitrogens is 4. The molecule has 3 heterocycles. The van der Waals surface area contributed by atoms with Crippen LogP contribution in [-0.4, -0.2) is 25.4 Å². The van der Waals surface area contributed by atoms with E-state index in [2.05, 4.69) is 25.6 Å². The van der Waals surface area contributed by atoms with Crippen molar-refractivity contribution >= 4 is 34.1 Å². The van der Waals surface area contributed by atoms with E-state index in [1.54, 1.807) is 11.3 Å². The first-order chi connectivity index (χ1) is 9.78. The van der Waals surface area contributed by atoms with Crippen molar-refractivity contribution in [1.82, 2.24) is 19.5 Å².